The number of phenolic OH excluding ortho intramolecular Hbond substituents is 1. The maximum absolute atomic E-state index is 12.7. The maximum atomic E-state index is 12.7. The Bertz CT molecular complexity index is 1030. The SMILES string of the molecule is Cc1ccc(CCOC(=O)CCC(=O)O[C@@H]2O[C@@H]3O[C@]4(C)CC[C@H]5[C@H](C)CC[C@@H]([C@H]2C)C35OO4)cc1O. The molecule has 6 rings (SSSR count). The number of esters is 2. The number of hydrogen-bond donors (Lipinski definition) is 1. The lowest BCUT2D eigenvalue weighted by atomic mass is 9.58. The Kier molecular flexibility index (Phi) is 7.26. The van der Waals surface area contributed by atoms with E-state index in [1.54, 1.807) is 6.07 Å². The van der Waals surface area contributed by atoms with Gasteiger partial charge in [0.1, 0.15) is 5.75 Å². The third-order valence-electron chi connectivity index (χ3n) is 8.81. The molecule has 1 saturated carbocycles. The average molecular weight is 519 g/mol. The topological polar surface area (TPSA) is 110 Å². The van der Waals surface area contributed by atoms with Gasteiger partial charge in [0, 0.05) is 24.7 Å². The summed E-state index contributed by atoms with van der Waals surface area (Å²) in [5, 5.41) is 9.80. The number of hydrogen-bond acceptors (Lipinski definition) is 9. The van der Waals surface area contributed by atoms with Gasteiger partial charge in [-0.2, -0.15) is 0 Å². The fourth-order valence-electron chi connectivity index (χ4n) is 6.56. The van der Waals surface area contributed by atoms with Crippen LogP contribution in [0.5, 0.6) is 5.75 Å². The van der Waals surface area contributed by atoms with Crippen molar-refractivity contribution in [3.05, 3.63) is 29.3 Å². The molecule has 1 N–H and O–H groups in total. The third-order valence-corrected chi connectivity index (χ3v) is 8.81. The molecule has 1 aromatic rings. The summed E-state index contributed by atoms with van der Waals surface area (Å²) in [5.41, 5.74) is 0.943. The van der Waals surface area contributed by atoms with Crippen LogP contribution in [0.15, 0.2) is 18.2 Å². The van der Waals surface area contributed by atoms with Gasteiger partial charge in [-0.3, -0.25) is 9.59 Å². The monoisotopic (exact) mass is 518 g/mol. The zero-order valence-electron chi connectivity index (χ0n) is 22.1. The minimum atomic E-state index is -0.895. The van der Waals surface area contributed by atoms with Crippen molar-refractivity contribution in [1.29, 1.82) is 0 Å². The Morgan fingerprint density at radius 2 is 1.86 bits per heavy atom. The first kappa shape index (κ1) is 26.4. The molecule has 0 radical (unpaired) electrons. The van der Waals surface area contributed by atoms with E-state index in [9.17, 15) is 14.7 Å². The van der Waals surface area contributed by atoms with Crippen LogP contribution in [-0.4, -0.2) is 47.6 Å². The van der Waals surface area contributed by atoms with Crippen molar-refractivity contribution in [2.75, 3.05) is 6.61 Å². The van der Waals surface area contributed by atoms with E-state index < -0.39 is 35.9 Å². The molecule has 204 valence electrons. The van der Waals surface area contributed by atoms with Gasteiger partial charge in [0.25, 0.3) is 0 Å². The number of aromatic hydroxyl groups is 1. The van der Waals surface area contributed by atoms with Crippen LogP contribution in [-0.2, 0) is 44.7 Å². The van der Waals surface area contributed by atoms with Crippen LogP contribution in [0.25, 0.3) is 0 Å². The summed E-state index contributed by atoms with van der Waals surface area (Å²) < 4.78 is 23.5. The van der Waals surface area contributed by atoms with E-state index in [1.165, 1.54) is 0 Å². The van der Waals surface area contributed by atoms with Crippen molar-refractivity contribution < 1.29 is 43.4 Å². The first-order valence-corrected chi connectivity index (χ1v) is 13.4. The van der Waals surface area contributed by atoms with E-state index in [-0.39, 0.29) is 43.0 Å². The van der Waals surface area contributed by atoms with Crippen LogP contribution in [0.1, 0.15) is 70.4 Å². The number of rotatable bonds is 7. The van der Waals surface area contributed by atoms with Gasteiger partial charge in [0.05, 0.1) is 19.4 Å². The normalized spacial score (nSPS) is 38.4. The molecule has 0 amide bonds. The zero-order valence-corrected chi connectivity index (χ0v) is 22.1. The highest BCUT2D eigenvalue weighted by atomic mass is 17.3. The second-order valence-electron chi connectivity index (χ2n) is 11.4. The van der Waals surface area contributed by atoms with Crippen molar-refractivity contribution in [2.24, 2.45) is 23.7 Å². The highest BCUT2D eigenvalue weighted by molar-refractivity contribution is 5.77. The molecule has 37 heavy (non-hydrogen) atoms. The number of phenols is 1. The standard InChI is InChI=1S/C28H38O9/c1-16-6-8-21-18(3)25(34-26-28(21)20(16)11-13-27(4,35-26)36-37-28)33-24(31)10-9-23(30)32-14-12-19-7-5-17(2)22(29)15-19/h5,7,15-16,18,20-21,25-26,29H,6,8-14H2,1-4H3/t16-,18-,20+,21+,25-,26-,27+,28?/m1/s1. The van der Waals surface area contributed by atoms with E-state index in [1.807, 2.05) is 32.9 Å². The molecule has 9 nitrogen and oxygen atoms in total. The summed E-state index contributed by atoms with van der Waals surface area (Å²) in [6, 6.07) is 5.36. The molecular formula is C28H38O9. The largest absolute Gasteiger partial charge is 0.508 e. The van der Waals surface area contributed by atoms with Crippen LogP contribution in [0.2, 0.25) is 0 Å². The maximum Gasteiger partial charge on any atom is 0.308 e. The van der Waals surface area contributed by atoms with Gasteiger partial charge >= 0.3 is 11.9 Å². The molecule has 2 bridgehead atoms. The molecule has 1 spiro atoms. The van der Waals surface area contributed by atoms with E-state index in [0.29, 0.717) is 18.8 Å². The summed E-state index contributed by atoms with van der Waals surface area (Å²) in [5.74, 6) is -1.06. The van der Waals surface area contributed by atoms with Gasteiger partial charge in [0.15, 0.2) is 11.9 Å². The minimum absolute atomic E-state index is 0.0547. The van der Waals surface area contributed by atoms with E-state index in [0.717, 1.165) is 30.4 Å². The Morgan fingerprint density at radius 3 is 2.65 bits per heavy atom. The first-order valence-electron chi connectivity index (χ1n) is 13.4. The molecule has 1 aromatic carbocycles. The molecule has 0 aromatic heterocycles. The van der Waals surface area contributed by atoms with Gasteiger partial charge in [-0.25, -0.2) is 9.78 Å². The number of benzene rings is 1. The Balaban J connectivity index is 1.14. The lowest BCUT2D eigenvalue weighted by Gasteiger charge is -2.59. The number of carbonyl (C=O) groups excluding carboxylic acids is 2. The predicted octanol–water partition coefficient (Wildman–Crippen LogP) is 4.32. The van der Waals surface area contributed by atoms with Crippen molar-refractivity contribution >= 4 is 11.9 Å². The summed E-state index contributed by atoms with van der Waals surface area (Å²) in [6.07, 6.45) is 2.42. The predicted molar refractivity (Wildman–Crippen MR) is 130 cm³/mol. The van der Waals surface area contributed by atoms with Gasteiger partial charge in [-0.15, -0.1) is 0 Å². The van der Waals surface area contributed by atoms with Crippen LogP contribution >= 0.6 is 0 Å². The third kappa shape index (κ3) is 4.99. The van der Waals surface area contributed by atoms with Crippen molar-refractivity contribution in [3.8, 4) is 5.75 Å². The summed E-state index contributed by atoms with van der Waals surface area (Å²) in [4.78, 5) is 36.8. The van der Waals surface area contributed by atoms with Crippen LogP contribution in [0.4, 0.5) is 0 Å². The average Bonchev–Trinajstić information content (AvgIpc) is 3.09. The minimum Gasteiger partial charge on any atom is -0.508 e. The molecule has 4 saturated heterocycles. The lowest BCUT2D eigenvalue weighted by Crippen LogP contribution is -2.70. The van der Waals surface area contributed by atoms with Crippen LogP contribution < -0.4 is 0 Å². The zero-order chi connectivity index (χ0) is 26.4. The smallest absolute Gasteiger partial charge is 0.308 e. The highest BCUT2D eigenvalue weighted by Gasteiger charge is 2.69. The summed E-state index contributed by atoms with van der Waals surface area (Å²) in [6.45, 7) is 8.10. The first-order chi connectivity index (χ1) is 17.6. The molecule has 8 atom stereocenters. The van der Waals surface area contributed by atoms with E-state index in [2.05, 4.69) is 6.92 Å². The second-order valence-corrected chi connectivity index (χ2v) is 11.4. The fraction of sp³-hybridized carbons (Fsp3) is 0.714. The molecule has 9 heteroatoms. The van der Waals surface area contributed by atoms with E-state index >= 15 is 0 Å². The quantitative estimate of drug-likeness (QED) is 0.417. The van der Waals surface area contributed by atoms with Crippen molar-refractivity contribution in [2.45, 2.75) is 96.6 Å². The molecule has 5 fully saturated rings. The van der Waals surface area contributed by atoms with Crippen LogP contribution in [0.3, 0.4) is 0 Å². The fourth-order valence-corrected chi connectivity index (χ4v) is 6.56. The van der Waals surface area contributed by atoms with Gasteiger partial charge in [0.2, 0.25) is 12.1 Å². The van der Waals surface area contributed by atoms with Crippen LogP contribution in [0, 0.1) is 30.6 Å². The number of fused-ring (bicyclic) bond motifs is 2. The van der Waals surface area contributed by atoms with Gasteiger partial charge < -0.3 is 24.1 Å². The van der Waals surface area contributed by atoms with Gasteiger partial charge in [-0.05, 0) is 62.1 Å². The number of ether oxygens (including phenoxy) is 4. The molecular weight excluding hydrogens is 480 g/mol. The van der Waals surface area contributed by atoms with Crippen molar-refractivity contribution in [3.63, 3.8) is 0 Å². The molecule has 4 heterocycles. The highest BCUT2D eigenvalue weighted by Crippen LogP contribution is 2.60. The van der Waals surface area contributed by atoms with Crippen molar-refractivity contribution in [1.82, 2.24) is 0 Å². The lowest BCUT2D eigenvalue weighted by molar-refractivity contribution is -0.576. The summed E-state index contributed by atoms with van der Waals surface area (Å²) >= 11 is 0. The second kappa shape index (κ2) is 10.2. The Hall–Kier alpha value is -2.20. The Labute approximate surface area is 217 Å². The molecule has 5 aliphatic rings. The number of carbonyl (C=O) groups is 2. The molecule has 1 unspecified atom stereocenters. The summed E-state index contributed by atoms with van der Waals surface area (Å²) in [7, 11) is 0. The molecule has 1 aliphatic carbocycles. The molecule has 4 aliphatic heterocycles. The Morgan fingerprint density at radius 1 is 1.08 bits per heavy atom. The number of aryl methyl sites for hydroxylation is 1. The van der Waals surface area contributed by atoms with E-state index in [4.69, 9.17) is 28.7 Å². The van der Waals surface area contributed by atoms with Gasteiger partial charge in [-0.1, -0.05) is 26.0 Å².